The first-order valence-corrected chi connectivity index (χ1v) is 8.12. The number of morpholine rings is 1. The highest BCUT2D eigenvalue weighted by Gasteiger charge is 2.18. The van der Waals surface area contributed by atoms with Crippen LogP contribution in [0.5, 0.6) is 0 Å². The molecule has 1 amide bonds. The van der Waals surface area contributed by atoms with Crippen molar-refractivity contribution in [2.45, 2.75) is 6.42 Å². The van der Waals surface area contributed by atoms with Gasteiger partial charge in [-0.15, -0.1) is 0 Å². The Hall–Kier alpha value is -1.70. The van der Waals surface area contributed by atoms with E-state index < -0.39 is 0 Å². The SMILES string of the molecule is COCCCNC(=S)Nc1ccc(C(=O)N2CCOCC2)cc1. The number of nitrogens with zero attached hydrogens (tertiary/aromatic N) is 1. The van der Waals surface area contributed by atoms with Gasteiger partial charge in [0.15, 0.2) is 5.11 Å². The van der Waals surface area contributed by atoms with E-state index in [9.17, 15) is 4.79 Å². The molecule has 0 radical (unpaired) electrons. The standard InChI is InChI=1S/C16H23N3O3S/c1-21-10-2-7-17-16(23)18-14-5-3-13(4-6-14)15(20)19-8-11-22-12-9-19/h3-6H,2,7-12H2,1H3,(H2,17,18,23). The zero-order chi connectivity index (χ0) is 16.5. The molecule has 0 bridgehead atoms. The second-order valence-electron chi connectivity index (χ2n) is 5.21. The van der Waals surface area contributed by atoms with Crippen molar-refractivity contribution in [3.05, 3.63) is 29.8 Å². The molecule has 0 aliphatic carbocycles. The van der Waals surface area contributed by atoms with Crippen LogP contribution in [0.1, 0.15) is 16.8 Å². The zero-order valence-electron chi connectivity index (χ0n) is 13.3. The number of ether oxygens (including phenoxy) is 2. The van der Waals surface area contributed by atoms with Gasteiger partial charge in [0.25, 0.3) is 5.91 Å². The van der Waals surface area contributed by atoms with Crippen LogP contribution in [0, 0.1) is 0 Å². The third-order valence-electron chi connectivity index (χ3n) is 3.50. The first kappa shape index (κ1) is 17.7. The summed E-state index contributed by atoms with van der Waals surface area (Å²) in [5.41, 5.74) is 1.53. The number of thiocarbonyl (C=S) groups is 1. The lowest BCUT2D eigenvalue weighted by Gasteiger charge is -2.26. The fourth-order valence-corrected chi connectivity index (χ4v) is 2.46. The number of carbonyl (C=O) groups is 1. The van der Waals surface area contributed by atoms with Gasteiger partial charge in [0.05, 0.1) is 13.2 Å². The number of anilines is 1. The fraction of sp³-hybridized carbons (Fsp3) is 0.500. The van der Waals surface area contributed by atoms with Gasteiger partial charge in [0.2, 0.25) is 0 Å². The maximum absolute atomic E-state index is 12.3. The van der Waals surface area contributed by atoms with Crippen molar-refractivity contribution in [1.82, 2.24) is 10.2 Å². The Balaban J connectivity index is 1.81. The van der Waals surface area contributed by atoms with Crippen LogP contribution in [-0.4, -0.2) is 62.5 Å². The normalized spacial score (nSPS) is 14.4. The number of nitrogens with one attached hydrogen (secondary N) is 2. The summed E-state index contributed by atoms with van der Waals surface area (Å²) < 4.78 is 10.2. The van der Waals surface area contributed by atoms with E-state index in [2.05, 4.69) is 10.6 Å². The van der Waals surface area contributed by atoms with E-state index in [-0.39, 0.29) is 5.91 Å². The van der Waals surface area contributed by atoms with Crippen LogP contribution in [-0.2, 0) is 9.47 Å². The highest BCUT2D eigenvalue weighted by Crippen LogP contribution is 2.12. The number of methoxy groups -OCH3 is 1. The Bertz CT molecular complexity index is 516. The fourth-order valence-electron chi connectivity index (χ4n) is 2.24. The van der Waals surface area contributed by atoms with E-state index in [0.29, 0.717) is 43.6 Å². The van der Waals surface area contributed by atoms with Crippen LogP contribution in [0.2, 0.25) is 0 Å². The van der Waals surface area contributed by atoms with E-state index in [4.69, 9.17) is 21.7 Å². The van der Waals surface area contributed by atoms with Gasteiger partial charge >= 0.3 is 0 Å². The second-order valence-corrected chi connectivity index (χ2v) is 5.62. The average molecular weight is 337 g/mol. The van der Waals surface area contributed by atoms with Crippen LogP contribution in [0.3, 0.4) is 0 Å². The third-order valence-corrected chi connectivity index (χ3v) is 3.75. The molecule has 6 nitrogen and oxygen atoms in total. The van der Waals surface area contributed by atoms with Crippen molar-refractivity contribution in [3.63, 3.8) is 0 Å². The number of rotatable bonds is 6. The average Bonchev–Trinajstić information content (AvgIpc) is 2.59. The van der Waals surface area contributed by atoms with Crippen molar-refractivity contribution >= 4 is 28.9 Å². The predicted molar refractivity (Wildman–Crippen MR) is 93.9 cm³/mol. The van der Waals surface area contributed by atoms with Crippen molar-refractivity contribution in [2.75, 3.05) is 51.9 Å². The van der Waals surface area contributed by atoms with Crippen LogP contribution >= 0.6 is 12.2 Å². The molecule has 0 atom stereocenters. The first-order valence-electron chi connectivity index (χ1n) is 7.71. The Labute approximate surface area is 142 Å². The van der Waals surface area contributed by atoms with Crippen LogP contribution in [0.4, 0.5) is 5.69 Å². The quantitative estimate of drug-likeness (QED) is 0.606. The topological polar surface area (TPSA) is 62.8 Å². The predicted octanol–water partition coefficient (Wildman–Crippen LogP) is 1.48. The molecule has 2 rings (SSSR count). The van der Waals surface area contributed by atoms with E-state index in [1.54, 1.807) is 7.11 Å². The molecule has 0 saturated carbocycles. The zero-order valence-corrected chi connectivity index (χ0v) is 14.2. The molecule has 126 valence electrons. The molecule has 1 aromatic rings. The van der Waals surface area contributed by atoms with Crippen molar-refractivity contribution in [2.24, 2.45) is 0 Å². The molecule has 0 unspecified atom stereocenters. The summed E-state index contributed by atoms with van der Waals surface area (Å²) in [6.07, 6.45) is 0.894. The van der Waals surface area contributed by atoms with Crippen LogP contribution in [0.15, 0.2) is 24.3 Å². The highest BCUT2D eigenvalue weighted by atomic mass is 32.1. The maximum Gasteiger partial charge on any atom is 0.254 e. The molecule has 1 aromatic carbocycles. The minimum absolute atomic E-state index is 0.0418. The Kier molecular flexibility index (Phi) is 7.25. The lowest BCUT2D eigenvalue weighted by molar-refractivity contribution is 0.0303. The highest BCUT2D eigenvalue weighted by molar-refractivity contribution is 7.80. The number of amides is 1. The number of hydrogen-bond acceptors (Lipinski definition) is 4. The summed E-state index contributed by atoms with van der Waals surface area (Å²) in [4.78, 5) is 14.1. The molecule has 0 spiro atoms. The number of hydrogen-bond donors (Lipinski definition) is 2. The van der Waals surface area contributed by atoms with Gasteiger partial charge in [0, 0.05) is 44.6 Å². The van der Waals surface area contributed by atoms with Crippen LogP contribution in [0.25, 0.3) is 0 Å². The molecular weight excluding hydrogens is 314 g/mol. The van der Waals surface area contributed by atoms with Crippen LogP contribution < -0.4 is 10.6 Å². The van der Waals surface area contributed by atoms with Gasteiger partial charge in [0.1, 0.15) is 0 Å². The summed E-state index contributed by atoms with van der Waals surface area (Å²) in [5, 5.41) is 6.77. The van der Waals surface area contributed by atoms with E-state index >= 15 is 0 Å². The lowest BCUT2D eigenvalue weighted by Crippen LogP contribution is -2.40. The Morgan fingerprint density at radius 1 is 1.30 bits per heavy atom. The van der Waals surface area contributed by atoms with E-state index in [1.165, 1.54) is 0 Å². The van der Waals surface area contributed by atoms with Crippen molar-refractivity contribution in [3.8, 4) is 0 Å². The van der Waals surface area contributed by atoms with Gasteiger partial charge in [-0.05, 0) is 42.9 Å². The number of benzene rings is 1. The monoisotopic (exact) mass is 337 g/mol. The summed E-state index contributed by atoms with van der Waals surface area (Å²) in [5.74, 6) is 0.0418. The molecule has 1 aliphatic heterocycles. The molecule has 2 N–H and O–H groups in total. The van der Waals surface area contributed by atoms with E-state index in [1.807, 2.05) is 29.2 Å². The summed E-state index contributed by atoms with van der Waals surface area (Å²) in [6, 6.07) is 7.34. The minimum Gasteiger partial charge on any atom is -0.385 e. The van der Waals surface area contributed by atoms with Gasteiger partial charge in [-0.3, -0.25) is 4.79 Å². The molecule has 1 heterocycles. The molecule has 1 aliphatic rings. The second kappa shape index (κ2) is 9.44. The summed E-state index contributed by atoms with van der Waals surface area (Å²) in [7, 11) is 1.68. The Morgan fingerprint density at radius 2 is 2.00 bits per heavy atom. The molecular formula is C16H23N3O3S. The van der Waals surface area contributed by atoms with Gasteiger partial charge in [-0.25, -0.2) is 0 Å². The van der Waals surface area contributed by atoms with Gasteiger partial charge < -0.3 is 25.0 Å². The van der Waals surface area contributed by atoms with Crippen molar-refractivity contribution < 1.29 is 14.3 Å². The van der Waals surface area contributed by atoms with Gasteiger partial charge in [-0.1, -0.05) is 0 Å². The molecule has 1 fully saturated rings. The van der Waals surface area contributed by atoms with E-state index in [0.717, 1.165) is 18.7 Å². The number of carbonyl (C=O) groups excluding carboxylic acids is 1. The summed E-state index contributed by atoms with van der Waals surface area (Å²) in [6.45, 7) is 3.96. The summed E-state index contributed by atoms with van der Waals surface area (Å²) >= 11 is 5.22. The van der Waals surface area contributed by atoms with Gasteiger partial charge in [-0.2, -0.15) is 0 Å². The largest absolute Gasteiger partial charge is 0.385 e. The first-order chi connectivity index (χ1) is 11.2. The molecule has 7 heteroatoms. The molecule has 0 aromatic heterocycles. The maximum atomic E-state index is 12.3. The lowest BCUT2D eigenvalue weighted by atomic mass is 10.1. The van der Waals surface area contributed by atoms with Crippen molar-refractivity contribution in [1.29, 1.82) is 0 Å². The molecule has 1 saturated heterocycles. The Morgan fingerprint density at radius 3 is 2.65 bits per heavy atom. The molecule has 23 heavy (non-hydrogen) atoms. The smallest absolute Gasteiger partial charge is 0.254 e. The third kappa shape index (κ3) is 5.78. The minimum atomic E-state index is 0.0418.